The van der Waals surface area contributed by atoms with Gasteiger partial charge in [-0.15, -0.1) is 5.10 Å². The number of alkyl carbamates (subject to hydrolysis) is 1. The number of hydrogen-bond acceptors (Lipinski definition) is 7. The number of carbonyl (C=O) groups is 2. The van der Waals surface area contributed by atoms with Gasteiger partial charge < -0.3 is 15.2 Å². The van der Waals surface area contributed by atoms with Crippen LogP contribution in [-0.4, -0.2) is 42.5 Å². The van der Waals surface area contributed by atoms with E-state index >= 15 is 0 Å². The van der Waals surface area contributed by atoms with Crippen molar-refractivity contribution in [3.63, 3.8) is 0 Å². The zero-order valence-electron chi connectivity index (χ0n) is 14.0. The smallest absolute Gasteiger partial charge is 0.408 e. The van der Waals surface area contributed by atoms with Gasteiger partial charge in [0.1, 0.15) is 16.3 Å². The highest BCUT2D eigenvalue weighted by molar-refractivity contribution is 7.15. The van der Waals surface area contributed by atoms with Crippen LogP contribution < -0.4 is 5.32 Å². The predicted octanol–water partition coefficient (Wildman–Crippen LogP) is 2.32. The summed E-state index contributed by atoms with van der Waals surface area (Å²) in [5, 5.41) is 16.3. The molecule has 0 aliphatic carbocycles. The van der Waals surface area contributed by atoms with E-state index in [1.165, 1.54) is 10.9 Å². The van der Waals surface area contributed by atoms with E-state index in [1.807, 2.05) is 0 Å². The maximum Gasteiger partial charge on any atom is 0.408 e. The Balaban J connectivity index is 2.24. The van der Waals surface area contributed by atoms with E-state index in [0.717, 1.165) is 11.3 Å². The Morgan fingerprint density at radius 1 is 1.42 bits per heavy atom. The molecule has 2 aromatic rings. The summed E-state index contributed by atoms with van der Waals surface area (Å²) in [6.07, 6.45) is 0.683. The summed E-state index contributed by atoms with van der Waals surface area (Å²) in [6.45, 7) is 8.74. The first-order valence-electron chi connectivity index (χ1n) is 7.19. The molecule has 2 aromatic heterocycles. The van der Waals surface area contributed by atoms with Crippen molar-refractivity contribution < 1.29 is 19.4 Å². The number of amides is 1. The van der Waals surface area contributed by atoms with Crippen LogP contribution in [0.15, 0.2) is 6.20 Å². The summed E-state index contributed by atoms with van der Waals surface area (Å²) in [5.41, 5.74) is -0.612. The van der Waals surface area contributed by atoms with Crippen LogP contribution in [0.25, 0.3) is 5.13 Å². The summed E-state index contributed by atoms with van der Waals surface area (Å²) in [5.74, 6) is -0.142. The molecule has 0 unspecified atom stereocenters. The van der Waals surface area contributed by atoms with Gasteiger partial charge in [-0.2, -0.15) is 4.68 Å². The van der Waals surface area contributed by atoms with Crippen LogP contribution in [0.4, 0.5) is 4.79 Å². The summed E-state index contributed by atoms with van der Waals surface area (Å²) < 4.78 is 6.64. The van der Waals surface area contributed by atoms with Crippen molar-refractivity contribution in [2.75, 3.05) is 0 Å². The molecule has 1 amide bonds. The van der Waals surface area contributed by atoms with E-state index < -0.39 is 23.7 Å². The monoisotopic (exact) mass is 353 g/mol. The number of hydrogen-bond donors (Lipinski definition) is 2. The minimum absolute atomic E-state index is 0.0943. The van der Waals surface area contributed by atoms with E-state index in [2.05, 4.69) is 20.4 Å². The van der Waals surface area contributed by atoms with Crippen LogP contribution in [0.3, 0.4) is 0 Å². The highest BCUT2D eigenvalue weighted by Crippen LogP contribution is 2.21. The molecular weight excluding hydrogens is 334 g/mol. The molecule has 0 spiro atoms. The van der Waals surface area contributed by atoms with E-state index in [4.69, 9.17) is 9.84 Å². The number of nitrogens with zero attached hydrogens (tertiary/aromatic N) is 4. The first-order chi connectivity index (χ1) is 11.1. The lowest BCUT2D eigenvalue weighted by Gasteiger charge is -2.21. The second kappa shape index (κ2) is 6.56. The molecule has 10 heteroatoms. The average Bonchev–Trinajstić information content (AvgIpc) is 3.01. The zero-order chi connectivity index (χ0) is 18.1. The molecule has 0 radical (unpaired) electrons. The molecule has 0 saturated carbocycles. The number of carbonyl (C=O) groups excluding carboxylic acids is 1. The zero-order valence-corrected chi connectivity index (χ0v) is 14.8. The highest BCUT2D eigenvalue weighted by Gasteiger charge is 2.23. The maximum absolute atomic E-state index is 11.9. The lowest BCUT2D eigenvalue weighted by atomic mass is 10.2. The summed E-state index contributed by atoms with van der Waals surface area (Å²) in [7, 11) is 0. The number of aromatic nitrogens is 4. The maximum atomic E-state index is 11.9. The Bertz CT molecular complexity index is 762. The molecule has 2 rings (SSSR count). The molecule has 0 aromatic carbocycles. The number of thiazole rings is 1. The summed E-state index contributed by atoms with van der Waals surface area (Å²) >= 11 is 0.974. The first kappa shape index (κ1) is 17.9. The second-order valence-electron chi connectivity index (χ2n) is 6.11. The van der Waals surface area contributed by atoms with Gasteiger partial charge >= 0.3 is 12.1 Å². The van der Waals surface area contributed by atoms with Gasteiger partial charge in [0.15, 0.2) is 5.82 Å². The van der Waals surface area contributed by atoms with Gasteiger partial charge in [0, 0.05) is 0 Å². The fraction of sp³-hybridized carbons (Fsp3) is 0.500. The molecule has 2 heterocycles. The number of carboxylic acids is 1. The molecule has 0 aliphatic heterocycles. The van der Waals surface area contributed by atoms with Crippen molar-refractivity contribution in [2.45, 2.75) is 46.3 Å². The molecule has 0 aliphatic rings. The van der Waals surface area contributed by atoms with Gasteiger partial charge in [-0.3, -0.25) is 0 Å². The lowest BCUT2D eigenvalue weighted by Crippen LogP contribution is -2.34. The molecule has 130 valence electrons. The molecule has 24 heavy (non-hydrogen) atoms. The van der Waals surface area contributed by atoms with Crippen molar-refractivity contribution in [3.8, 4) is 5.13 Å². The molecule has 9 nitrogen and oxygen atoms in total. The molecule has 1 atom stereocenters. The van der Waals surface area contributed by atoms with Crippen LogP contribution in [0.5, 0.6) is 0 Å². The number of ether oxygens (including phenoxy) is 1. The van der Waals surface area contributed by atoms with E-state index in [9.17, 15) is 9.59 Å². The lowest BCUT2D eigenvalue weighted by molar-refractivity contribution is 0.0504. The Morgan fingerprint density at radius 2 is 2.08 bits per heavy atom. The summed E-state index contributed by atoms with van der Waals surface area (Å²) in [6, 6.07) is -0.502. The van der Waals surface area contributed by atoms with Crippen LogP contribution in [0, 0.1) is 6.92 Å². The second-order valence-corrected chi connectivity index (χ2v) is 7.12. The van der Waals surface area contributed by atoms with Gasteiger partial charge in [0.25, 0.3) is 0 Å². The Labute approximate surface area is 142 Å². The minimum Gasteiger partial charge on any atom is -0.477 e. The normalized spacial score (nSPS) is 12.7. The molecule has 2 N–H and O–H groups in total. The van der Waals surface area contributed by atoms with Crippen molar-refractivity contribution in [1.82, 2.24) is 25.1 Å². The largest absolute Gasteiger partial charge is 0.477 e. The Morgan fingerprint density at radius 3 is 2.62 bits per heavy atom. The Hall–Kier alpha value is -2.49. The van der Waals surface area contributed by atoms with E-state index in [0.29, 0.717) is 16.8 Å². The fourth-order valence-corrected chi connectivity index (χ4v) is 2.58. The quantitative estimate of drug-likeness (QED) is 0.865. The van der Waals surface area contributed by atoms with Crippen LogP contribution in [-0.2, 0) is 4.74 Å². The topological polar surface area (TPSA) is 119 Å². The van der Waals surface area contributed by atoms with Gasteiger partial charge in [-0.05, 0) is 34.6 Å². The van der Waals surface area contributed by atoms with Crippen molar-refractivity contribution in [1.29, 1.82) is 0 Å². The summed E-state index contributed by atoms with van der Waals surface area (Å²) in [4.78, 5) is 31.4. The SMILES string of the molecule is Cc1nc([C@H](C)NC(=O)OC(C)(C)C)n(-c2ncc(C(=O)O)s2)n1. The van der Waals surface area contributed by atoms with E-state index in [-0.39, 0.29) is 4.88 Å². The van der Waals surface area contributed by atoms with Crippen molar-refractivity contribution in [3.05, 3.63) is 22.7 Å². The molecular formula is C14H19N5O4S. The minimum atomic E-state index is -1.06. The van der Waals surface area contributed by atoms with E-state index in [1.54, 1.807) is 34.6 Å². The van der Waals surface area contributed by atoms with Crippen molar-refractivity contribution >= 4 is 23.4 Å². The van der Waals surface area contributed by atoms with Gasteiger partial charge in [0.05, 0.1) is 12.2 Å². The third-order valence-electron chi connectivity index (χ3n) is 2.74. The molecule has 0 fully saturated rings. The number of carboxylic acid groups (broad SMARTS) is 1. The van der Waals surface area contributed by atoms with Crippen LogP contribution in [0.2, 0.25) is 0 Å². The average molecular weight is 353 g/mol. The third-order valence-corrected chi connectivity index (χ3v) is 3.70. The number of aryl methyl sites for hydroxylation is 1. The highest BCUT2D eigenvalue weighted by atomic mass is 32.1. The standard InChI is InChI=1S/C14H19N5O4S/c1-7(16-13(22)23-14(3,4)5)10-17-8(2)18-19(10)12-15-6-9(24-12)11(20)21/h6-7H,1-5H3,(H,16,22)(H,20,21)/t7-/m0/s1. The fourth-order valence-electron chi connectivity index (χ4n) is 1.86. The predicted molar refractivity (Wildman–Crippen MR) is 86.5 cm³/mol. The number of aromatic carboxylic acids is 1. The van der Waals surface area contributed by atoms with Gasteiger partial charge in [-0.25, -0.2) is 19.6 Å². The molecule has 0 saturated heterocycles. The van der Waals surface area contributed by atoms with Crippen LogP contribution >= 0.6 is 11.3 Å². The van der Waals surface area contributed by atoms with Gasteiger partial charge in [0.2, 0.25) is 5.13 Å². The number of rotatable bonds is 4. The van der Waals surface area contributed by atoms with Crippen molar-refractivity contribution in [2.24, 2.45) is 0 Å². The third kappa shape index (κ3) is 4.28. The Kier molecular flexibility index (Phi) is 4.88. The van der Waals surface area contributed by atoms with Crippen LogP contribution in [0.1, 0.15) is 55.1 Å². The van der Waals surface area contributed by atoms with Gasteiger partial charge in [-0.1, -0.05) is 11.3 Å². The molecule has 0 bridgehead atoms. The first-order valence-corrected chi connectivity index (χ1v) is 8.01. The number of nitrogens with one attached hydrogen (secondary N) is 1.